The fourth-order valence-electron chi connectivity index (χ4n) is 5.64. The van der Waals surface area contributed by atoms with Crippen LogP contribution in [0.15, 0.2) is 12.1 Å². The second-order valence-electron chi connectivity index (χ2n) is 6.98. The van der Waals surface area contributed by atoms with E-state index in [9.17, 15) is 10.5 Å². The van der Waals surface area contributed by atoms with E-state index in [0.717, 1.165) is 11.8 Å². The van der Waals surface area contributed by atoms with Crippen LogP contribution in [0.25, 0.3) is 0 Å². The summed E-state index contributed by atoms with van der Waals surface area (Å²) in [7, 11) is 0. The van der Waals surface area contributed by atoms with Gasteiger partial charge in [0, 0.05) is 0 Å². The van der Waals surface area contributed by atoms with Crippen molar-refractivity contribution in [3.05, 3.63) is 34.4 Å². The Balaban J connectivity index is 1.77. The Morgan fingerprint density at radius 3 is 2.47 bits per heavy atom. The van der Waals surface area contributed by atoms with Crippen LogP contribution in [0.1, 0.15) is 59.8 Å². The van der Waals surface area contributed by atoms with Crippen molar-refractivity contribution in [2.24, 2.45) is 17.3 Å². The summed E-state index contributed by atoms with van der Waals surface area (Å²) in [5.74, 6) is 3.28. The third-order valence-electron chi connectivity index (χ3n) is 6.47. The summed E-state index contributed by atoms with van der Waals surface area (Å²) < 4.78 is 0. The highest BCUT2D eigenvalue weighted by molar-refractivity contribution is 5.56. The minimum atomic E-state index is 0.579. The lowest BCUT2D eigenvalue weighted by Gasteiger charge is -2.43. The number of nitrogens with zero attached hydrogens (tertiary/aromatic N) is 2. The van der Waals surface area contributed by atoms with E-state index in [4.69, 9.17) is 0 Å². The minimum Gasteiger partial charge on any atom is -0.192 e. The Bertz CT molecular complexity index is 666. The molecule has 1 aromatic carbocycles. The highest BCUT2D eigenvalue weighted by atomic mass is 14.8. The van der Waals surface area contributed by atoms with Crippen LogP contribution in [0.5, 0.6) is 0 Å². The zero-order valence-corrected chi connectivity index (χ0v) is 10.7. The van der Waals surface area contributed by atoms with Gasteiger partial charge in [0.2, 0.25) is 0 Å². The third kappa shape index (κ3) is 0.964. The molecule has 1 aromatic rings. The van der Waals surface area contributed by atoms with Gasteiger partial charge in [0.15, 0.2) is 0 Å². The van der Waals surface area contributed by atoms with Crippen molar-refractivity contribution < 1.29 is 0 Å². The molecule has 5 rings (SSSR count). The molecule has 5 atom stereocenters. The predicted octanol–water partition coefficient (Wildman–Crippen LogP) is 3.43. The second kappa shape index (κ2) is 2.86. The molecule has 19 heavy (non-hydrogen) atoms. The molecular formula is C17H14N2. The fraction of sp³-hybridized carbons (Fsp3) is 0.529. The van der Waals surface area contributed by atoms with Crippen LogP contribution in [0.4, 0.5) is 0 Å². The van der Waals surface area contributed by atoms with Gasteiger partial charge in [-0.15, -0.1) is 0 Å². The molecule has 0 N–H and O–H groups in total. The molecule has 0 heterocycles. The van der Waals surface area contributed by atoms with E-state index in [1.165, 1.54) is 36.8 Å². The average molecular weight is 246 g/mol. The predicted molar refractivity (Wildman–Crippen MR) is 69.2 cm³/mol. The zero-order valence-electron chi connectivity index (χ0n) is 10.7. The first kappa shape index (κ1) is 10.0. The van der Waals surface area contributed by atoms with Gasteiger partial charge in [-0.1, -0.05) is 0 Å². The van der Waals surface area contributed by atoms with Crippen LogP contribution in [0.2, 0.25) is 0 Å². The molecule has 0 radical (unpaired) electrons. The Hall–Kier alpha value is -1.80. The van der Waals surface area contributed by atoms with Gasteiger partial charge in [0.1, 0.15) is 12.1 Å². The van der Waals surface area contributed by atoms with Gasteiger partial charge in [-0.2, -0.15) is 10.5 Å². The van der Waals surface area contributed by atoms with Gasteiger partial charge in [-0.25, -0.2) is 0 Å². The van der Waals surface area contributed by atoms with Gasteiger partial charge in [-0.3, -0.25) is 0 Å². The Kier molecular flexibility index (Phi) is 1.51. The number of hydrogen-bond acceptors (Lipinski definition) is 2. The van der Waals surface area contributed by atoms with Crippen LogP contribution in [-0.2, 0) is 0 Å². The lowest BCUT2D eigenvalue weighted by atomic mass is 9.62. The third-order valence-corrected chi connectivity index (χ3v) is 6.47. The summed E-state index contributed by atoms with van der Waals surface area (Å²) in [5, 5.41) is 18.5. The molecule has 2 bridgehead atoms. The molecule has 3 fully saturated rings. The van der Waals surface area contributed by atoms with Crippen molar-refractivity contribution in [2.45, 2.75) is 37.5 Å². The van der Waals surface area contributed by atoms with Crippen molar-refractivity contribution >= 4 is 0 Å². The van der Waals surface area contributed by atoms with Gasteiger partial charge in [-0.05, 0) is 78.0 Å². The minimum absolute atomic E-state index is 0.579. The molecule has 5 unspecified atom stereocenters. The molecule has 92 valence electrons. The Labute approximate surface area is 112 Å². The van der Waals surface area contributed by atoms with E-state index in [1.54, 1.807) is 0 Å². The maximum atomic E-state index is 9.23. The number of benzene rings is 1. The van der Waals surface area contributed by atoms with E-state index < -0.39 is 0 Å². The van der Waals surface area contributed by atoms with E-state index in [0.29, 0.717) is 28.4 Å². The average Bonchev–Trinajstić information content (AvgIpc) is 3.07. The topological polar surface area (TPSA) is 47.6 Å². The summed E-state index contributed by atoms with van der Waals surface area (Å²) in [4.78, 5) is 0. The number of hydrogen-bond donors (Lipinski definition) is 0. The molecule has 4 aliphatic carbocycles. The van der Waals surface area contributed by atoms with Crippen molar-refractivity contribution in [2.75, 3.05) is 0 Å². The fourth-order valence-corrected chi connectivity index (χ4v) is 5.64. The highest BCUT2D eigenvalue weighted by Gasteiger charge is 2.71. The highest BCUT2D eigenvalue weighted by Crippen LogP contribution is 2.81. The zero-order chi connectivity index (χ0) is 12.8. The maximum absolute atomic E-state index is 9.23. The van der Waals surface area contributed by atoms with Crippen molar-refractivity contribution in [3.63, 3.8) is 0 Å². The van der Waals surface area contributed by atoms with E-state index in [1.807, 2.05) is 12.1 Å². The standard InChI is InChI=1S/C17H14N2/c18-7-11-2-13-9-1-10-5-17(15(10)4-9)6-16(17)14(13)3-12(11)8-19/h2-3,9-10,15-16H,1,4-6H2. The van der Waals surface area contributed by atoms with Crippen LogP contribution >= 0.6 is 0 Å². The Morgan fingerprint density at radius 2 is 1.74 bits per heavy atom. The van der Waals surface area contributed by atoms with E-state index >= 15 is 0 Å². The van der Waals surface area contributed by atoms with Crippen LogP contribution in [0.3, 0.4) is 0 Å². The molecule has 0 amide bonds. The molecule has 2 heteroatoms. The van der Waals surface area contributed by atoms with Crippen molar-refractivity contribution in [3.8, 4) is 12.1 Å². The first-order valence-electron chi connectivity index (χ1n) is 7.25. The maximum Gasteiger partial charge on any atom is 0.101 e. The molecule has 4 aliphatic rings. The number of rotatable bonds is 0. The number of fused-ring (bicyclic) bond motifs is 4. The summed E-state index contributed by atoms with van der Waals surface area (Å²) in [6.45, 7) is 0. The van der Waals surface area contributed by atoms with E-state index in [2.05, 4.69) is 12.1 Å². The molecule has 0 aromatic heterocycles. The first-order valence-corrected chi connectivity index (χ1v) is 7.25. The lowest BCUT2D eigenvalue weighted by Crippen LogP contribution is -2.35. The summed E-state index contributed by atoms with van der Waals surface area (Å²) in [5.41, 5.74) is 4.60. The van der Waals surface area contributed by atoms with Gasteiger partial charge in [0.05, 0.1) is 11.1 Å². The number of nitriles is 2. The van der Waals surface area contributed by atoms with E-state index in [-0.39, 0.29) is 0 Å². The molecule has 0 aliphatic heterocycles. The van der Waals surface area contributed by atoms with Crippen LogP contribution in [0, 0.1) is 39.9 Å². The van der Waals surface area contributed by atoms with Gasteiger partial charge in [0.25, 0.3) is 0 Å². The summed E-state index contributed by atoms with van der Waals surface area (Å²) >= 11 is 0. The van der Waals surface area contributed by atoms with Crippen LogP contribution < -0.4 is 0 Å². The lowest BCUT2D eigenvalue weighted by molar-refractivity contribution is 0.0724. The Morgan fingerprint density at radius 1 is 1.00 bits per heavy atom. The van der Waals surface area contributed by atoms with Crippen molar-refractivity contribution in [1.82, 2.24) is 0 Å². The second-order valence-corrected chi connectivity index (χ2v) is 6.98. The molecule has 3 saturated carbocycles. The molecule has 2 nitrogen and oxygen atoms in total. The smallest absolute Gasteiger partial charge is 0.101 e. The van der Waals surface area contributed by atoms with Gasteiger partial charge < -0.3 is 0 Å². The largest absolute Gasteiger partial charge is 0.192 e. The molecule has 1 spiro atoms. The van der Waals surface area contributed by atoms with Gasteiger partial charge >= 0.3 is 0 Å². The molecule has 0 saturated heterocycles. The monoisotopic (exact) mass is 246 g/mol. The molecular weight excluding hydrogens is 232 g/mol. The van der Waals surface area contributed by atoms with Crippen molar-refractivity contribution in [1.29, 1.82) is 10.5 Å². The van der Waals surface area contributed by atoms with Crippen LogP contribution in [-0.4, -0.2) is 0 Å². The first-order chi connectivity index (χ1) is 9.26. The summed E-state index contributed by atoms with van der Waals surface area (Å²) in [6.07, 6.45) is 5.43. The normalized spacial score (nSPS) is 43.1. The quantitative estimate of drug-likeness (QED) is 0.704. The summed E-state index contributed by atoms with van der Waals surface area (Å²) in [6, 6.07) is 8.49. The SMILES string of the molecule is N#Cc1cc2c(cc1C#N)C1CC13CC1CC2CC13.